The molecule has 2 aromatic rings. The summed E-state index contributed by atoms with van der Waals surface area (Å²) in [5, 5.41) is 6.45. The Kier molecular flexibility index (Phi) is 4.67. The SMILES string of the molecule is Cc1nc(CN2C[C@@H](F)C[C@H]2CNC(=O)c2cnns2)oc1C. The zero-order valence-corrected chi connectivity index (χ0v) is 13.8. The van der Waals surface area contributed by atoms with Gasteiger partial charge in [-0.25, -0.2) is 9.37 Å². The number of rotatable bonds is 5. The second kappa shape index (κ2) is 6.71. The van der Waals surface area contributed by atoms with E-state index in [0.717, 1.165) is 23.0 Å². The van der Waals surface area contributed by atoms with Crippen molar-refractivity contribution in [2.24, 2.45) is 0 Å². The predicted molar refractivity (Wildman–Crippen MR) is 81.9 cm³/mol. The third-order valence-electron chi connectivity index (χ3n) is 3.97. The highest BCUT2D eigenvalue weighted by Crippen LogP contribution is 2.23. The molecule has 23 heavy (non-hydrogen) atoms. The summed E-state index contributed by atoms with van der Waals surface area (Å²) in [5.41, 5.74) is 0.846. The Morgan fingerprint density at radius 1 is 1.57 bits per heavy atom. The lowest BCUT2D eigenvalue weighted by molar-refractivity contribution is 0.0942. The number of hydrogen-bond acceptors (Lipinski definition) is 7. The first-order valence-corrected chi connectivity index (χ1v) is 8.17. The van der Waals surface area contributed by atoms with E-state index in [2.05, 4.69) is 19.9 Å². The highest BCUT2D eigenvalue weighted by molar-refractivity contribution is 7.07. The molecule has 1 saturated heterocycles. The van der Waals surface area contributed by atoms with E-state index >= 15 is 0 Å². The predicted octanol–water partition coefficient (Wildman–Crippen LogP) is 1.49. The maximum Gasteiger partial charge on any atom is 0.264 e. The molecule has 0 saturated carbocycles. The number of alkyl halides is 1. The third kappa shape index (κ3) is 3.73. The van der Waals surface area contributed by atoms with Gasteiger partial charge in [0.25, 0.3) is 5.91 Å². The van der Waals surface area contributed by atoms with Gasteiger partial charge in [0.2, 0.25) is 5.89 Å². The minimum Gasteiger partial charge on any atom is -0.444 e. The molecule has 1 fully saturated rings. The van der Waals surface area contributed by atoms with Crippen molar-refractivity contribution in [3.05, 3.63) is 28.4 Å². The lowest BCUT2D eigenvalue weighted by atomic mass is 10.2. The van der Waals surface area contributed by atoms with Gasteiger partial charge in [-0.1, -0.05) is 4.49 Å². The Hall–Kier alpha value is -1.87. The van der Waals surface area contributed by atoms with Crippen LogP contribution < -0.4 is 5.32 Å². The van der Waals surface area contributed by atoms with Crippen LogP contribution in [-0.4, -0.2) is 50.7 Å². The standard InChI is InChI=1S/C14H18FN5O2S/c1-8-9(2)22-13(18-8)7-20-6-10(15)3-11(20)4-16-14(21)12-5-17-19-23-12/h5,10-11H,3-4,6-7H2,1-2H3,(H,16,21)/t10-,11-/m0/s1. The summed E-state index contributed by atoms with van der Waals surface area (Å²) in [6, 6.07) is -0.0812. The van der Waals surface area contributed by atoms with Gasteiger partial charge in [0.15, 0.2) is 0 Å². The molecule has 0 spiro atoms. The number of carbonyl (C=O) groups is 1. The summed E-state index contributed by atoms with van der Waals surface area (Å²) in [6.07, 6.45) is 0.905. The summed E-state index contributed by atoms with van der Waals surface area (Å²) in [5.74, 6) is 1.13. The molecule has 0 unspecified atom stereocenters. The van der Waals surface area contributed by atoms with Gasteiger partial charge in [0, 0.05) is 19.1 Å². The van der Waals surface area contributed by atoms with Crippen molar-refractivity contribution in [2.75, 3.05) is 13.1 Å². The molecule has 0 aliphatic carbocycles. The van der Waals surface area contributed by atoms with E-state index in [-0.39, 0.29) is 11.9 Å². The van der Waals surface area contributed by atoms with Crippen LogP contribution in [0.2, 0.25) is 0 Å². The molecule has 9 heteroatoms. The van der Waals surface area contributed by atoms with Crippen molar-refractivity contribution in [1.29, 1.82) is 0 Å². The second-order valence-electron chi connectivity index (χ2n) is 5.66. The topological polar surface area (TPSA) is 84.2 Å². The van der Waals surface area contributed by atoms with Gasteiger partial charge in [0.05, 0.1) is 18.4 Å². The molecular formula is C14H18FN5O2S. The first kappa shape index (κ1) is 16.0. The van der Waals surface area contributed by atoms with E-state index in [4.69, 9.17) is 4.42 Å². The van der Waals surface area contributed by atoms with Crippen molar-refractivity contribution in [2.45, 2.75) is 39.0 Å². The molecule has 0 radical (unpaired) electrons. The highest BCUT2D eigenvalue weighted by atomic mass is 32.1. The van der Waals surface area contributed by atoms with E-state index in [0.29, 0.717) is 36.8 Å². The van der Waals surface area contributed by atoms with Crippen LogP contribution >= 0.6 is 11.5 Å². The fraction of sp³-hybridized carbons (Fsp3) is 0.571. The van der Waals surface area contributed by atoms with Crippen LogP contribution in [0.5, 0.6) is 0 Å². The molecule has 0 bridgehead atoms. The van der Waals surface area contributed by atoms with Gasteiger partial charge in [-0.3, -0.25) is 9.69 Å². The first-order valence-electron chi connectivity index (χ1n) is 7.39. The molecule has 1 amide bonds. The molecule has 7 nitrogen and oxygen atoms in total. The van der Waals surface area contributed by atoms with Crippen molar-refractivity contribution in [3.63, 3.8) is 0 Å². The monoisotopic (exact) mass is 339 g/mol. The van der Waals surface area contributed by atoms with E-state index in [1.807, 2.05) is 18.7 Å². The van der Waals surface area contributed by atoms with Gasteiger partial charge in [-0.2, -0.15) is 0 Å². The number of aromatic nitrogens is 3. The summed E-state index contributed by atoms with van der Waals surface area (Å²) in [6.45, 7) is 4.87. The molecule has 1 aliphatic rings. The number of oxazole rings is 1. The van der Waals surface area contributed by atoms with Gasteiger partial charge >= 0.3 is 0 Å². The summed E-state index contributed by atoms with van der Waals surface area (Å²) >= 11 is 1.04. The van der Waals surface area contributed by atoms with Crippen LogP contribution in [0.15, 0.2) is 10.6 Å². The molecule has 2 aromatic heterocycles. The lowest BCUT2D eigenvalue weighted by Gasteiger charge is -2.22. The van der Waals surface area contributed by atoms with E-state index in [9.17, 15) is 9.18 Å². The molecule has 3 rings (SSSR count). The normalized spacial score (nSPS) is 21.7. The Labute approximate surface area is 137 Å². The van der Waals surface area contributed by atoms with Gasteiger partial charge in [-0.15, -0.1) is 5.10 Å². The third-order valence-corrected chi connectivity index (χ3v) is 4.63. The summed E-state index contributed by atoms with van der Waals surface area (Å²) < 4.78 is 23.0. The zero-order chi connectivity index (χ0) is 16.4. The van der Waals surface area contributed by atoms with E-state index in [1.54, 1.807) is 0 Å². The fourth-order valence-corrected chi connectivity index (χ4v) is 3.11. The average molecular weight is 339 g/mol. The zero-order valence-electron chi connectivity index (χ0n) is 13.0. The number of nitrogens with one attached hydrogen (secondary N) is 1. The number of amides is 1. The van der Waals surface area contributed by atoms with Gasteiger partial charge < -0.3 is 9.73 Å². The molecule has 1 aliphatic heterocycles. The quantitative estimate of drug-likeness (QED) is 0.888. The number of halogens is 1. The molecule has 3 heterocycles. The van der Waals surface area contributed by atoms with E-state index in [1.165, 1.54) is 6.20 Å². The van der Waals surface area contributed by atoms with Crippen molar-refractivity contribution < 1.29 is 13.6 Å². The Morgan fingerprint density at radius 2 is 2.39 bits per heavy atom. The van der Waals surface area contributed by atoms with Crippen LogP contribution in [0.3, 0.4) is 0 Å². The van der Waals surface area contributed by atoms with Crippen molar-refractivity contribution in [1.82, 2.24) is 24.8 Å². The first-order chi connectivity index (χ1) is 11.0. The number of likely N-dealkylation sites (tertiary alicyclic amines) is 1. The van der Waals surface area contributed by atoms with Crippen molar-refractivity contribution in [3.8, 4) is 0 Å². The van der Waals surface area contributed by atoms with Gasteiger partial charge in [-0.05, 0) is 31.8 Å². The molecule has 1 N–H and O–H groups in total. The minimum atomic E-state index is -0.904. The minimum absolute atomic E-state index is 0.0812. The molecule has 0 aromatic carbocycles. The summed E-state index contributed by atoms with van der Waals surface area (Å²) in [4.78, 5) is 18.7. The molecule has 2 atom stereocenters. The highest BCUT2D eigenvalue weighted by Gasteiger charge is 2.33. The van der Waals surface area contributed by atoms with Crippen LogP contribution in [0.1, 0.15) is 33.4 Å². The van der Waals surface area contributed by atoms with Crippen LogP contribution in [0, 0.1) is 13.8 Å². The number of hydrogen-bond donors (Lipinski definition) is 1. The Balaban J connectivity index is 1.59. The largest absolute Gasteiger partial charge is 0.444 e. The lowest BCUT2D eigenvalue weighted by Crippen LogP contribution is -2.39. The Bertz CT molecular complexity index is 655. The molecule has 124 valence electrons. The number of aryl methyl sites for hydroxylation is 2. The number of carbonyl (C=O) groups excluding carboxylic acids is 1. The van der Waals surface area contributed by atoms with Crippen LogP contribution in [-0.2, 0) is 6.54 Å². The average Bonchev–Trinajstić information content (AvgIpc) is 3.20. The smallest absolute Gasteiger partial charge is 0.264 e. The summed E-state index contributed by atoms with van der Waals surface area (Å²) in [7, 11) is 0. The maximum atomic E-state index is 13.8. The second-order valence-corrected chi connectivity index (χ2v) is 6.44. The van der Waals surface area contributed by atoms with Crippen molar-refractivity contribution >= 4 is 17.4 Å². The fourth-order valence-electron chi connectivity index (χ4n) is 2.67. The Morgan fingerprint density at radius 3 is 3.04 bits per heavy atom. The maximum absolute atomic E-state index is 13.8. The van der Waals surface area contributed by atoms with E-state index < -0.39 is 6.17 Å². The van der Waals surface area contributed by atoms with Gasteiger partial charge in [0.1, 0.15) is 16.8 Å². The molecular weight excluding hydrogens is 321 g/mol. The van der Waals surface area contributed by atoms with Crippen LogP contribution in [0.4, 0.5) is 4.39 Å². The van der Waals surface area contributed by atoms with Crippen LogP contribution in [0.25, 0.3) is 0 Å². The number of nitrogens with zero attached hydrogens (tertiary/aromatic N) is 4.